The normalized spacial score (nSPS) is 10.8. The van der Waals surface area contributed by atoms with Gasteiger partial charge in [0.15, 0.2) is 0 Å². The summed E-state index contributed by atoms with van der Waals surface area (Å²) in [4.78, 5) is 17.3. The third kappa shape index (κ3) is 2.82. The lowest BCUT2D eigenvalue weighted by atomic mass is 10.0. The molecule has 0 unspecified atom stereocenters. The van der Waals surface area contributed by atoms with Gasteiger partial charge in [0.2, 0.25) is 0 Å². The summed E-state index contributed by atoms with van der Waals surface area (Å²) in [6.07, 6.45) is 0. The zero-order valence-electron chi connectivity index (χ0n) is 13.9. The molecule has 0 aliphatic carbocycles. The van der Waals surface area contributed by atoms with Gasteiger partial charge in [-0.1, -0.05) is 24.3 Å². The number of aromatic nitrogens is 1. The molecule has 0 saturated heterocycles. The highest BCUT2D eigenvalue weighted by atomic mass is 16.1. The molecule has 23 heavy (non-hydrogen) atoms. The summed E-state index contributed by atoms with van der Waals surface area (Å²) < 4.78 is 0. The minimum absolute atomic E-state index is 0.110. The van der Waals surface area contributed by atoms with Crippen molar-refractivity contribution in [1.82, 2.24) is 4.98 Å². The number of hydrogen-bond acceptors (Lipinski definition) is 2. The molecule has 0 spiro atoms. The molecular weight excluding hydrogens is 284 g/mol. The van der Waals surface area contributed by atoms with E-state index in [4.69, 9.17) is 0 Å². The highest BCUT2D eigenvalue weighted by molar-refractivity contribution is 6.08. The molecule has 0 bridgehead atoms. The molecule has 0 aliphatic rings. The van der Waals surface area contributed by atoms with Crippen LogP contribution in [0.2, 0.25) is 0 Å². The molecule has 0 fully saturated rings. The van der Waals surface area contributed by atoms with Crippen molar-refractivity contribution in [2.45, 2.75) is 27.7 Å². The van der Waals surface area contributed by atoms with Crippen molar-refractivity contribution in [3.05, 3.63) is 70.4 Å². The molecule has 0 saturated carbocycles. The number of carbonyl (C=O) groups excluding carboxylic acids is 1. The second-order valence-electron chi connectivity index (χ2n) is 5.97. The van der Waals surface area contributed by atoms with Crippen molar-refractivity contribution in [2.24, 2.45) is 0 Å². The van der Waals surface area contributed by atoms with Crippen molar-refractivity contribution in [3.63, 3.8) is 0 Å². The molecule has 0 aliphatic heterocycles. The molecule has 0 atom stereocenters. The van der Waals surface area contributed by atoms with Gasteiger partial charge in [-0.3, -0.25) is 9.78 Å². The van der Waals surface area contributed by atoms with Crippen LogP contribution in [0.1, 0.15) is 32.7 Å². The molecule has 3 aromatic rings. The van der Waals surface area contributed by atoms with E-state index in [9.17, 15) is 4.79 Å². The fourth-order valence-electron chi connectivity index (χ4n) is 2.88. The molecule has 1 aromatic heterocycles. The predicted molar refractivity (Wildman–Crippen MR) is 95.1 cm³/mol. The van der Waals surface area contributed by atoms with Crippen LogP contribution in [0.15, 0.2) is 42.5 Å². The zero-order valence-corrected chi connectivity index (χ0v) is 13.9. The van der Waals surface area contributed by atoms with Crippen molar-refractivity contribution in [3.8, 4) is 0 Å². The SMILES string of the molecule is Cc1ccc(NC(=O)c2c(C)nc3ccccc3c2C)cc1C. The zero-order chi connectivity index (χ0) is 16.6. The predicted octanol–water partition coefficient (Wildman–Crippen LogP) is 4.72. The van der Waals surface area contributed by atoms with Crippen LogP contribution in [0, 0.1) is 27.7 Å². The Balaban J connectivity index is 2.02. The Hall–Kier alpha value is -2.68. The average Bonchev–Trinajstić information content (AvgIpc) is 2.51. The Morgan fingerprint density at radius 1 is 0.957 bits per heavy atom. The number of amides is 1. The number of para-hydroxylation sites is 1. The summed E-state index contributed by atoms with van der Waals surface area (Å²) in [6.45, 7) is 7.96. The van der Waals surface area contributed by atoms with Crippen molar-refractivity contribution < 1.29 is 4.79 Å². The van der Waals surface area contributed by atoms with E-state index in [0.717, 1.165) is 33.4 Å². The van der Waals surface area contributed by atoms with Crippen LogP contribution in [-0.2, 0) is 0 Å². The minimum atomic E-state index is -0.110. The minimum Gasteiger partial charge on any atom is -0.322 e. The maximum atomic E-state index is 12.7. The third-order valence-electron chi connectivity index (χ3n) is 4.32. The molecule has 0 radical (unpaired) electrons. The van der Waals surface area contributed by atoms with Crippen LogP contribution in [0.25, 0.3) is 10.9 Å². The van der Waals surface area contributed by atoms with Gasteiger partial charge < -0.3 is 5.32 Å². The number of benzene rings is 2. The number of hydrogen-bond donors (Lipinski definition) is 1. The molecule has 3 heteroatoms. The Morgan fingerprint density at radius 3 is 2.43 bits per heavy atom. The van der Waals surface area contributed by atoms with Crippen LogP contribution in [-0.4, -0.2) is 10.9 Å². The summed E-state index contributed by atoms with van der Waals surface area (Å²) in [5.41, 5.74) is 6.48. The molecule has 116 valence electrons. The lowest BCUT2D eigenvalue weighted by Crippen LogP contribution is -2.16. The number of aryl methyl sites for hydroxylation is 4. The van der Waals surface area contributed by atoms with Crippen LogP contribution in [0.3, 0.4) is 0 Å². The first kappa shape index (κ1) is 15.2. The number of rotatable bonds is 2. The van der Waals surface area contributed by atoms with Crippen molar-refractivity contribution in [2.75, 3.05) is 5.32 Å². The summed E-state index contributed by atoms with van der Waals surface area (Å²) in [5.74, 6) is -0.110. The number of fused-ring (bicyclic) bond motifs is 1. The molecule has 1 N–H and O–H groups in total. The van der Waals surface area contributed by atoms with Gasteiger partial charge in [-0.25, -0.2) is 0 Å². The van der Waals surface area contributed by atoms with Crippen LogP contribution < -0.4 is 5.32 Å². The Kier molecular flexibility index (Phi) is 3.87. The van der Waals surface area contributed by atoms with Crippen molar-refractivity contribution >= 4 is 22.5 Å². The van der Waals surface area contributed by atoms with Gasteiger partial charge in [-0.15, -0.1) is 0 Å². The second-order valence-corrected chi connectivity index (χ2v) is 5.97. The summed E-state index contributed by atoms with van der Waals surface area (Å²) in [6, 6.07) is 13.8. The molecular formula is C20H20N2O. The molecule has 2 aromatic carbocycles. The summed E-state index contributed by atoms with van der Waals surface area (Å²) in [5, 5.41) is 4.01. The van der Waals surface area contributed by atoms with Gasteiger partial charge in [0.1, 0.15) is 0 Å². The second kappa shape index (κ2) is 5.84. The standard InChI is InChI=1S/C20H20N2O/c1-12-9-10-16(11-13(12)2)22-20(23)19-14(3)17-7-5-6-8-18(17)21-15(19)4/h5-11H,1-4H3,(H,22,23). The Labute approximate surface area is 136 Å². The Bertz CT molecular complexity index is 913. The van der Waals surface area contributed by atoms with E-state index >= 15 is 0 Å². The number of nitrogens with one attached hydrogen (secondary N) is 1. The average molecular weight is 304 g/mol. The van der Waals surface area contributed by atoms with Crippen LogP contribution in [0.5, 0.6) is 0 Å². The lowest BCUT2D eigenvalue weighted by molar-refractivity contribution is 0.102. The molecule has 3 nitrogen and oxygen atoms in total. The topological polar surface area (TPSA) is 42.0 Å². The lowest BCUT2D eigenvalue weighted by Gasteiger charge is -2.13. The smallest absolute Gasteiger partial charge is 0.257 e. The molecule has 1 amide bonds. The van der Waals surface area contributed by atoms with Crippen LogP contribution in [0.4, 0.5) is 5.69 Å². The van der Waals surface area contributed by atoms with Gasteiger partial charge in [0, 0.05) is 11.1 Å². The summed E-state index contributed by atoms with van der Waals surface area (Å²) >= 11 is 0. The van der Waals surface area contributed by atoms with Crippen molar-refractivity contribution in [1.29, 1.82) is 0 Å². The van der Waals surface area contributed by atoms with Crippen LogP contribution >= 0.6 is 0 Å². The van der Waals surface area contributed by atoms with E-state index in [-0.39, 0.29) is 5.91 Å². The maximum Gasteiger partial charge on any atom is 0.257 e. The first-order valence-corrected chi connectivity index (χ1v) is 7.72. The fraction of sp³-hybridized carbons (Fsp3) is 0.200. The monoisotopic (exact) mass is 304 g/mol. The first-order chi connectivity index (χ1) is 11.0. The van der Waals surface area contributed by atoms with E-state index in [1.54, 1.807) is 0 Å². The molecule has 3 rings (SSSR count). The van der Waals surface area contributed by atoms with Gasteiger partial charge in [0.05, 0.1) is 16.8 Å². The van der Waals surface area contributed by atoms with Gasteiger partial charge in [-0.2, -0.15) is 0 Å². The van der Waals surface area contributed by atoms with E-state index in [0.29, 0.717) is 5.56 Å². The first-order valence-electron chi connectivity index (χ1n) is 7.72. The number of carbonyl (C=O) groups is 1. The van der Waals surface area contributed by atoms with E-state index in [1.807, 2.05) is 63.2 Å². The fourth-order valence-corrected chi connectivity index (χ4v) is 2.88. The summed E-state index contributed by atoms with van der Waals surface area (Å²) in [7, 11) is 0. The quantitative estimate of drug-likeness (QED) is 0.744. The third-order valence-corrected chi connectivity index (χ3v) is 4.32. The number of pyridine rings is 1. The van der Waals surface area contributed by atoms with Gasteiger partial charge in [-0.05, 0) is 62.6 Å². The van der Waals surface area contributed by atoms with E-state index < -0.39 is 0 Å². The van der Waals surface area contributed by atoms with Gasteiger partial charge in [0.25, 0.3) is 5.91 Å². The largest absolute Gasteiger partial charge is 0.322 e. The van der Waals surface area contributed by atoms with E-state index in [2.05, 4.69) is 17.2 Å². The number of nitrogens with zero attached hydrogens (tertiary/aromatic N) is 1. The number of anilines is 1. The maximum absolute atomic E-state index is 12.7. The molecule has 1 heterocycles. The highest BCUT2D eigenvalue weighted by Gasteiger charge is 2.16. The Morgan fingerprint density at radius 2 is 1.70 bits per heavy atom. The highest BCUT2D eigenvalue weighted by Crippen LogP contribution is 2.24. The van der Waals surface area contributed by atoms with E-state index in [1.165, 1.54) is 5.56 Å². The van der Waals surface area contributed by atoms with Gasteiger partial charge >= 0.3 is 0 Å².